The van der Waals surface area contributed by atoms with Crippen molar-refractivity contribution in [3.05, 3.63) is 60.2 Å². The topological polar surface area (TPSA) is 52.7 Å². The van der Waals surface area contributed by atoms with Crippen LogP contribution in [-0.2, 0) is 9.59 Å². The molecule has 0 spiro atoms. The van der Waals surface area contributed by atoms with Gasteiger partial charge in [0.1, 0.15) is 0 Å². The van der Waals surface area contributed by atoms with Gasteiger partial charge in [-0.15, -0.1) is 0 Å². The van der Waals surface area contributed by atoms with E-state index in [1.54, 1.807) is 0 Å². The SMILES string of the molecule is C[C@H](C(=O)Nc1ccc(N2CCCC2=O)cc1)N1CC[C@H](c2ccccc2)C1. The molecule has 2 heterocycles. The predicted octanol–water partition coefficient (Wildman–Crippen LogP) is 3.63. The maximum absolute atomic E-state index is 12.7. The number of rotatable bonds is 5. The first-order valence-corrected chi connectivity index (χ1v) is 10.1. The Morgan fingerprint density at radius 1 is 1.07 bits per heavy atom. The van der Waals surface area contributed by atoms with Crippen molar-refractivity contribution in [1.82, 2.24) is 4.90 Å². The fraction of sp³-hybridized carbons (Fsp3) is 0.391. The van der Waals surface area contributed by atoms with Gasteiger partial charge >= 0.3 is 0 Å². The van der Waals surface area contributed by atoms with Gasteiger partial charge in [-0.05, 0) is 62.1 Å². The number of carbonyl (C=O) groups excluding carboxylic acids is 2. The first kappa shape index (κ1) is 18.7. The standard InChI is InChI=1S/C23H27N3O2/c1-17(25-15-13-19(16-25)18-6-3-2-4-7-18)23(28)24-20-9-11-21(12-10-20)26-14-5-8-22(26)27/h2-4,6-7,9-12,17,19H,5,8,13-16H2,1H3,(H,24,28)/t17-,19+/m1/s1. The molecule has 2 fully saturated rings. The lowest BCUT2D eigenvalue weighted by Gasteiger charge is -2.24. The van der Waals surface area contributed by atoms with Gasteiger partial charge in [0.25, 0.3) is 0 Å². The molecule has 0 aromatic heterocycles. The summed E-state index contributed by atoms with van der Waals surface area (Å²) in [5.74, 6) is 0.680. The van der Waals surface area contributed by atoms with E-state index >= 15 is 0 Å². The van der Waals surface area contributed by atoms with Crippen molar-refractivity contribution in [3.63, 3.8) is 0 Å². The smallest absolute Gasteiger partial charge is 0.241 e. The van der Waals surface area contributed by atoms with E-state index in [1.807, 2.05) is 42.2 Å². The highest BCUT2D eigenvalue weighted by Crippen LogP contribution is 2.28. The summed E-state index contributed by atoms with van der Waals surface area (Å²) in [4.78, 5) is 28.6. The minimum absolute atomic E-state index is 0.0127. The Balaban J connectivity index is 1.34. The summed E-state index contributed by atoms with van der Waals surface area (Å²) in [6.45, 7) is 4.60. The lowest BCUT2D eigenvalue weighted by molar-refractivity contribution is -0.120. The minimum atomic E-state index is -0.173. The molecule has 0 unspecified atom stereocenters. The molecule has 4 rings (SSSR count). The molecule has 0 aliphatic carbocycles. The molecule has 5 nitrogen and oxygen atoms in total. The van der Waals surface area contributed by atoms with Crippen LogP contribution in [0.15, 0.2) is 54.6 Å². The van der Waals surface area contributed by atoms with E-state index in [9.17, 15) is 9.59 Å². The number of hydrogen-bond acceptors (Lipinski definition) is 3. The van der Waals surface area contributed by atoms with Gasteiger partial charge in [0, 0.05) is 30.9 Å². The van der Waals surface area contributed by atoms with E-state index in [1.165, 1.54) is 5.56 Å². The van der Waals surface area contributed by atoms with Crippen molar-refractivity contribution in [2.24, 2.45) is 0 Å². The molecule has 2 saturated heterocycles. The lowest BCUT2D eigenvalue weighted by atomic mass is 9.99. The van der Waals surface area contributed by atoms with Crippen molar-refractivity contribution in [2.45, 2.75) is 38.1 Å². The summed E-state index contributed by atoms with van der Waals surface area (Å²) in [6, 6.07) is 17.9. The number of hydrogen-bond donors (Lipinski definition) is 1. The second-order valence-corrected chi connectivity index (χ2v) is 7.75. The fourth-order valence-electron chi connectivity index (χ4n) is 4.19. The maximum atomic E-state index is 12.7. The van der Waals surface area contributed by atoms with Crippen LogP contribution < -0.4 is 10.2 Å². The first-order valence-electron chi connectivity index (χ1n) is 10.1. The molecule has 146 valence electrons. The Bertz CT molecular complexity index is 835. The molecule has 2 aromatic rings. The zero-order valence-electron chi connectivity index (χ0n) is 16.3. The molecular weight excluding hydrogens is 350 g/mol. The van der Waals surface area contributed by atoms with Gasteiger partial charge in [0.05, 0.1) is 6.04 Å². The molecule has 28 heavy (non-hydrogen) atoms. The number of anilines is 2. The van der Waals surface area contributed by atoms with Gasteiger partial charge < -0.3 is 10.2 Å². The Hall–Kier alpha value is -2.66. The van der Waals surface area contributed by atoms with Crippen molar-refractivity contribution in [1.29, 1.82) is 0 Å². The van der Waals surface area contributed by atoms with Gasteiger partial charge in [-0.3, -0.25) is 14.5 Å². The van der Waals surface area contributed by atoms with Gasteiger partial charge in [-0.1, -0.05) is 30.3 Å². The third-order valence-electron chi connectivity index (χ3n) is 5.94. The summed E-state index contributed by atoms with van der Waals surface area (Å²) in [5.41, 5.74) is 3.02. The summed E-state index contributed by atoms with van der Waals surface area (Å²) in [7, 11) is 0. The number of amides is 2. The van der Waals surface area contributed by atoms with Crippen molar-refractivity contribution >= 4 is 23.2 Å². The Morgan fingerprint density at radius 2 is 1.82 bits per heavy atom. The normalized spacial score (nSPS) is 21.1. The molecular formula is C23H27N3O2. The highest BCUT2D eigenvalue weighted by atomic mass is 16.2. The molecule has 0 radical (unpaired) electrons. The van der Waals surface area contributed by atoms with Gasteiger partial charge in [-0.2, -0.15) is 0 Å². The number of nitrogens with one attached hydrogen (secondary N) is 1. The molecule has 2 aliphatic heterocycles. The second kappa shape index (κ2) is 8.15. The average molecular weight is 377 g/mol. The van der Waals surface area contributed by atoms with Crippen molar-refractivity contribution in [3.8, 4) is 0 Å². The summed E-state index contributed by atoms with van der Waals surface area (Å²) in [6.07, 6.45) is 2.62. The molecule has 2 amide bonds. The Labute approximate surface area is 166 Å². The van der Waals surface area contributed by atoms with E-state index in [-0.39, 0.29) is 17.9 Å². The maximum Gasteiger partial charge on any atom is 0.241 e. The second-order valence-electron chi connectivity index (χ2n) is 7.75. The molecule has 2 aliphatic rings. The van der Waals surface area contributed by atoms with Crippen LogP contribution in [-0.4, -0.2) is 42.4 Å². The van der Waals surface area contributed by atoms with Crippen LogP contribution in [0.3, 0.4) is 0 Å². The highest BCUT2D eigenvalue weighted by Gasteiger charge is 2.30. The van der Waals surface area contributed by atoms with E-state index in [2.05, 4.69) is 34.5 Å². The van der Waals surface area contributed by atoms with Gasteiger partial charge in [0.2, 0.25) is 11.8 Å². The Morgan fingerprint density at radius 3 is 2.50 bits per heavy atom. The third-order valence-corrected chi connectivity index (χ3v) is 5.94. The number of carbonyl (C=O) groups is 2. The molecule has 0 bridgehead atoms. The van der Waals surface area contributed by atoms with Crippen LogP contribution in [0.25, 0.3) is 0 Å². The van der Waals surface area contributed by atoms with Crippen LogP contribution in [0.5, 0.6) is 0 Å². The molecule has 2 aromatic carbocycles. The largest absolute Gasteiger partial charge is 0.325 e. The van der Waals surface area contributed by atoms with Gasteiger partial charge in [0.15, 0.2) is 0 Å². The van der Waals surface area contributed by atoms with Crippen LogP contribution in [0.2, 0.25) is 0 Å². The third kappa shape index (κ3) is 3.94. The molecule has 5 heteroatoms. The van der Waals surface area contributed by atoms with E-state index in [0.29, 0.717) is 12.3 Å². The molecule has 0 saturated carbocycles. The van der Waals surface area contributed by atoms with Crippen LogP contribution >= 0.6 is 0 Å². The van der Waals surface area contributed by atoms with Crippen LogP contribution in [0.1, 0.15) is 37.7 Å². The van der Waals surface area contributed by atoms with Crippen molar-refractivity contribution < 1.29 is 9.59 Å². The van der Waals surface area contributed by atoms with Crippen molar-refractivity contribution in [2.75, 3.05) is 29.9 Å². The highest BCUT2D eigenvalue weighted by molar-refractivity contribution is 5.97. The van der Waals surface area contributed by atoms with E-state index < -0.39 is 0 Å². The van der Waals surface area contributed by atoms with Crippen LogP contribution in [0.4, 0.5) is 11.4 Å². The molecule has 2 atom stereocenters. The summed E-state index contributed by atoms with van der Waals surface area (Å²) < 4.78 is 0. The summed E-state index contributed by atoms with van der Waals surface area (Å²) in [5, 5.41) is 3.02. The van der Waals surface area contributed by atoms with Crippen LogP contribution in [0, 0.1) is 0 Å². The monoisotopic (exact) mass is 377 g/mol. The lowest BCUT2D eigenvalue weighted by Crippen LogP contribution is -2.40. The zero-order chi connectivity index (χ0) is 19.5. The Kier molecular flexibility index (Phi) is 5.44. The number of nitrogens with zero attached hydrogens (tertiary/aromatic N) is 2. The number of benzene rings is 2. The summed E-state index contributed by atoms with van der Waals surface area (Å²) >= 11 is 0. The molecule has 1 N–H and O–H groups in total. The fourth-order valence-corrected chi connectivity index (χ4v) is 4.19. The minimum Gasteiger partial charge on any atom is -0.325 e. The predicted molar refractivity (Wildman–Crippen MR) is 111 cm³/mol. The van der Waals surface area contributed by atoms with Gasteiger partial charge in [-0.25, -0.2) is 0 Å². The zero-order valence-corrected chi connectivity index (χ0v) is 16.3. The number of likely N-dealkylation sites (tertiary alicyclic amines) is 1. The quantitative estimate of drug-likeness (QED) is 0.866. The average Bonchev–Trinajstić information content (AvgIpc) is 3.38. The van der Waals surface area contributed by atoms with E-state index in [0.717, 1.165) is 43.9 Å². The first-order chi connectivity index (χ1) is 13.6. The van der Waals surface area contributed by atoms with E-state index in [4.69, 9.17) is 0 Å².